The van der Waals surface area contributed by atoms with Crippen LogP contribution in [0.15, 0.2) is 58.1 Å². The summed E-state index contributed by atoms with van der Waals surface area (Å²) in [6, 6.07) is 13.7. The molecule has 0 bridgehead atoms. The van der Waals surface area contributed by atoms with Crippen LogP contribution >= 0.6 is 24.0 Å². The largest absolute Gasteiger partial charge is 0.469 e. The van der Waals surface area contributed by atoms with Crippen molar-refractivity contribution in [2.24, 2.45) is 4.99 Å². The Morgan fingerprint density at radius 2 is 1.96 bits per heavy atom. The highest BCUT2D eigenvalue weighted by Gasteiger charge is 2.03. The van der Waals surface area contributed by atoms with Crippen LogP contribution in [0.5, 0.6) is 0 Å². The van der Waals surface area contributed by atoms with E-state index < -0.39 is 10.8 Å². The molecule has 0 fully saturated rings. The minimum Gasteiger partial charge on any atom is -0.469 e. The summed E-state index contributed by atoms with van der Waals surface area (Å²) in [5.41, 5.74) is 1.10. The number of nitrogens with one attached hydrogen (secondary N) is 2. The monoisotopic (exact) mass is 475 g/mol. The van der Waals surface area contributed by atoms with E-state index in [0.717, 1.165) is 36.8 Å². The maximum absolute atomic E-state index is 12.1. The minimum absolute atomic E-state index is 0. The molecular formula is C18H26IN3O2S. The Labute approximate surface area is 169 Å². The molecule has 1 unspecified atom stereocenters. The molecule has 1 heterocycles. The van der Waals surface area contributed by atoms with Gasteiger partial charge in [-0.05, 0) is 24.6 Å². The molecule has 0 aliphatic heterocycles. The van der Waals surface area contributed by atoms with Crippen LogP contribution in [0.2, 0.25) is 0 Å². The zero-order valence-corrected chi connectivity index (χ0v) is 17.6. The van der Waals surface area contributed by atoms with Gasteiger partial charge < -0.3 is 15.1 Å². The molecule has 2 rings (SSSR count). The van der Waals surface area contributed by atoms with Crippen LogP contribution in [-0.4, -0.2) is 35.6 Å². The van der Waals surface area contributed by atoms with Gasteiger partial charge in [0.2, 0.25) is 0 Å². The average molecular weight is 475 g/mol. The molecule has 0 aliphatic carbocycles. The van der Waals surface area contributed by atoms with Crippen molar-refractivity contribution in [3.05, 3.63) is 60.1 Å². The molecule has 7 heteroatoms. The molecule has 1 aromatic heterocycles. The van der Waals surface area contributed by atoms with Crippen LogP contribution in [0.1, 0.15) is 18.2 Å². The van der Waals surface area contributed by atoms with Crippen molar-refractivity contribution in [1.29, 1.82) is 0 Å². The highest BCUT2D eigenvalue weighted by atomic mass is 127. The maximum Gasteiger partial charge on any atom is 0.191 e. The lowest BCUT2D eigenvalue weighted by Gasteiger charge is -2.10. The average Bonchev–Trinajstić information content (AvgIpc) is 3.09. The number of benzene rings is 1. The van der Waals surface area contributed by atoms with Crippen LogP contribution in [0.25, 0.3) is 0 Å². The molecule has 0 saturated heterocycles. The molecule has 2 aromatic rings. The zero-order valence-electron chi connectivity index (χ0n) is 14.4. The van der Waals surface area contributed by atoms with Gasteiger partial charge in [0.1, 0.15) is 5.76 Å². The van der Waals surface area contributed by atoms with Gasteiger partial charge in [-0.15, -0.1) is 24.0 Å². The highest BCUT2D eigenvalue weighted by molar-refractivity contribution is 14.0. The number of guanidine groups is 1. The number of furan rings is 1. The van der Waals surface area contributed by atoms with Gasteiger partial charge in [-0.3, -0.25) is 9.20 Å². The second-order valence-corrected chi connectivity index (χ2v) is 6.87. The van der Waals surface area contributed by atoms with Gasteiger partial charge in [0.25, 0.3) is 0 Å². The van der Waals surface area contributed by atoms with Gasteiger partial charge in [0.15, 0.2) is 5.96 Å². The molecular weight excluding hydrogens is 449 g/mol. The van der Waals surface area contributed by atoms with Crippen molar-refractivity contribution >= 4 is 40.7 Å². The predicted octanol–water partition coefficient (Wildman–Crippen LogP) is 2.94. The minimum atomic E-state index is -0.899. The summed E-state index contributed by atoms with van der Waals surface area (Å²) >= 11 is 0. The van der Waals surface area contributed by atoms with Gasteiger partial charge >= 0.3 is 0 Å². The third kappa shape index (κ3) is 9.06. The Hall–Kier alpha value is -1.35. The first-order chi connectivity index (χ1) is 11.8. The molecule has 0 amide bonds. The van der Waals surface area contributed by atoms with E-state index >= 15 is 0 Å². The fourth-order valence-electron chi connectivity index (χ4n) is 2.19. The van der Waals surface area contributed by atoms with E-state index in [1.165, 1.54) is 0 Å². The quantitative estimate of drug-likeness (QED) is 0.333. The third-order valence-electron chi connectivity index (χ3n) is 3.35. The highest BCUT2D eigenvalue weighted by Crippen LogP contribution is 2.03. The molecule has 2 N–H and O–H groups in total. The van der Waals surface area contributed by atoms with Crippen LogP contribution in [0, 0.1) is 0 Å². The summed E-state index contributed by atoms with van der Waals surface area (Å²) < 4.78 is 17.4. The van der Waals surface area contributed by atoms with E-state index in [4.69, 9.17) is 4.42 Å². The van der Waals surface area contributed by atoms with Gasteiger partial charge in [0, 0.05) is 41.8 Å². The first kappa shape index (κ1) is 21.7. The van der Waals surface area contributed by atoms with Crippen molar-refractivity contribution < 1.29 is 8.63 Å². The normalized spacial score (nSPS) is 12.3. The number of hydrogen-bond acceptors (Lipinski definition) is 3. The van der Waals surface area contributed by atoms with Crippen molar-refractivity contribution in [1.82, 2.24) is 10.6 Å². The number of aliphatic imine (C=N–C) groups is 1. The first-order valence-corrected chi connectivity index (χ1v) is 9.70. The molecule has 0 spiro atoms. The van der Waals surface area contributed by atoms with E-state index in [1.807, 2.05) is 49.4 Å². The van der Waals surface area contributed by atoms with Crippen molar-refractivity contribution in [3.8, 4) is 0 Å². The Bertz CT molecular complexity index is 633. The lowest BCUT2D eigenvalue weighted by atomic mass is 10.2. The van der Waals surface area contributed by atoms with Crippen molar-refractivity contribution in [2.45, 2.75) is 19.1 Å². The second kappa shape index (κ2) is 12.9. The fraction of sp³-hybridized carbons (Fsp3) is 0.389. The van der Waals surface area contributed by atoms with Crippen LogP contribution in [0.3, 0.4) is 0 Å². The lowest BCUT2D eigenvalue weighted by molar-refractivity contribution is 0.507. The molecule has 1 aromatic carbocycles. The number of nitrogens with zero attached hydrogens (tertiary/aromatic N) is 1. The van der Waals surface area contributed by atoms with Gasteiger partial charge in [0.05, 0.1) is 12.8 Å². The second-order valence-electron chi connectivity index (χ2n) is 5.29. The third-order valence-corrected chi connectivity index (χ3v) is 4.64. The van der Waals surface area contributed by atoms with Crippen LogP contribution < -0.4 is 10.6 Å². The SMILES string of the molecule is CCNC(=NCCS(=O)Cc1ccccc1)NCCc1ccco1.I. The standard InChI is InChI=1S/C18H25N3O2S.HI/c1-2-19-18(20-11-10-17-9-6-13-23-17)21-12-14-24(22)15-16-7-4-3-5-8-16;/h3-9,13H,2,10-12,14-15H2,1H3,(H2,19,20,21);1H. The summed E-state index contributed by atoms with van der Waals surface area (Å²) in [5, 5.41) is 6.46. The van der Waals surface area contributed by atoms with Crippen molar-refractivity contribution in [2.75, 3.05) is 25.4 Å². The van der Waals surface area contributed by atoms with Gasteiger partial charge in [-0.25, -0.2) is 0 Å². The summed E-state index contributed by atoms with van der Waals surface area (Å²) in [6.45, 7) is 4.10. The van der Waals surface area contributed by atoms with E-state index in [1.54, 1.807) is 6.26 Å². The smallest absolute Gasteiger partial charge is 0.191 e. The molecule has 25 heavy (non-hydrogen) atoms. The Balaban J connectivity index is 0.00000312. The van der Waals surface area contributed by atoms with E-state index in [0.29, 0.717) is 18.1 Å². The number of halogens is 1. The summed E-state index contributed by atoms with van der Waals surface area (Å²) in [7, 11) is -0.899. The number of rotatable bonds is 9. The Kier molecular flexibility index (Phi) is 11.2. The molecule has 0 aliphatic rings. The first-order valence-electron chi connectivity index (χ1n) is 8.21. The van der Waals surface area contributed by atoms with Crippen LogP contribution in [-0.2, 0) is 23.0 Å². The van der Waals surface area contributed by atoms with Gasteiger partial charge in [-0.1, -0.05) is 30.3 Å². The topological polar surface area (TPSA) is 66.6 Å². The Morgan fingerprint density at radius 3 is 2.64 bits per heavy atom. The summed E-state index contributed by atoms with van der Waals surface area (Å²) in [5.74, 6) is 2.84. The molecule has 0 radical (unpaired) electrons. The van der Waals surface area contributed by atoms with Crippen molar-refractivity contribution in [3.63, 3.8) is 0 Å². The van der Waals surface area contributed by atoms with E-state index in [2.05, 4.69) is 15.6 Å². The molecule has 0 saturated carbocycles. The fourth-order valence-corrected chi connectivity index (χ4v) is 3.20. The maximum atomic E-state index is 12.1. The van der Waals surface area contributed by atoms with E-state index in [-0.39, 0.29) is 24.0 Å². The molecule has 5 nitrogen and oxygen atoms in total. The van der Waals surface area contributed by atoms with E-state index in [9.17, 15) is 4.21 Å². The predicted molar refractivity (Wildman–Crippen MR) is 115 cm³/mol. The lowest BCUT2D eigenvalue weighted by Crippen LogP contribution is -2.38. The van der Waals surface area contributed by atoms with Gasteiger partial charge in [-0.2, -0.15) is 0 Å². The summed E-state index contributed by atoms with van der Waals surface area (Å²) in [6.07, 6.45) is 2.48. The Morgan fingerprint density at radius 1 is 1.16 bits per heavy atom. The molecule has 1 atom stereocenters. The summed E-state index contributed by atoms with van der Waals surface area (Å²) in [4.78, 5) is 4.48. The zero-order chi connectivity index (χ0) is 17.0. The van der Waals surface area contributed by atoms with Crippen LogP contribution in [0.4, 0.5) is 0 Å². The number of hydrogen-bond donors (Lipinski definition) is 2. The molecule has 138 valence electrons.